The summed E-state index contributed by atoms with van der Waals surface area (Å²) in [5.74, 6) is 1.04. The largest absolute Gasteiger partial charge is 0.328 e. The molecule has 142 valence electrons. The van der Waals surface area contributed by atoms with Gasteiger partial charge < -0.3 is 9.36 Å². The van der Waals surface area contributed by atoms with E-state index in [9.17, 15) is 4.79 Å². The molecule has 0 saturated heterocycles. The Balaban J connectivity index is 1.84. The summed E-state index contributed by atoms with van der Waals surface area (Å²) < 4.78 is 2.25. The van der Waals surface area contributed by atoms with Gasteiger partial charge >= 0.3 is 0 Å². The van der Waals surface area contributed by atoms with Crippen molar-refractivity contribution in [3.8, 4) is 0 Å². The summed E-state index contributed by atoms with van der Waals surface area (Å²) in [7, 11) is 0. The molecule has 5 heteroatoms. The van der Waals surface area contributed by atoms with Gasteiger partial charge in [-0.2, -0.15) is 0 Å². The van der Waals surface area contributed by atoms with Crippen LogP contribution in [0.5, 0.6) is 0 Å². The molecule has 3 nitrogen and oxygen atoms in total. The van der Waals surface area contributed by atoms with Crippen LogP contribution in [0.3, 0.4) is 0 Å². The Bertz CT molecular complexity index is 857. The molecule has 0 aliphatic carbocycles. The molecular weight excluding hydrogens is 376 g/mol. The van der Waals surface area contributed by atoms with Crippen molar-refractivity contribution in [1.29, 1.82) is 0 Å². The van der Waals surface area contributed by atoms with Crippen LogP contribution >= 0.6 is 22.9 Å². The predicted octanol–water partition coefficient (Wildman–Crippen LogP) is 5.59. The van der Waals surface area contributed by atoms with Crippen LogP contribution < -0.4 is 0 Å². The van der Waals surface area contributed by atoms with Gasteiger partial charge in [0.1, 0.15) is 12.1 Å². The van der Waals surface area contributed by atoms with Crippen LogP contribution in [0.15, 0.2) is 48.0 Å². The minimum atomic E-state index is -0.0376. The minimum Gasteiger partial charge on any atom is -0.328 e. The van der Waals surface area contributed by atoms with E-state index in [1.807, 2.05) is 30.5 Å². The molecule has 0 bridgehead atoms. The molecule has 2 aromatic heterocycles. The third-order valence-corrected chi connectivity index (χ3v) is 6.04. The lowest BCUT2D eigenvalue weighted by atomic mass is 10.0. The van der Waals surface area contributed by atoms with E-state index in [4.69, 9.17) is 11.6 Å². The van der Waals surface area contributed by atoms with Gasteiger partial charge in [-0.05, 0) is 42.3 Å². The van der Waals surface area contributed by atoms with Gasteiger partial charge in [-0.15, -0.1) is 11.3 Å². The molecule has 1 aromatic carbocycles. The van der Waals surface area contributed by atoms with Crippen molar-refractivity contribution in [2.45, 2.75) is 45.6 Å². The number of halogens is 1. The first-order chi connectivity index (χ1) is 13.2. The van der Waals surface area contributed by atoms with Gasteiger partial charge in [-0.1, -0.05) is 49.2 Å². The molecule has 0 fully saturated rings. The standard InChI is InChI=1S/C22H25ClN2OS/c1-2-3-10-22-24-14-19(12-17(16-26)13-20-8-6-11-27-20)25(22)15-18-7-4-5-9-21(18)23/h4-9,11,14,16-17H,2-3,10,12-13,15H2,1H3. The van der Waals surface area contributed by atoms with Crippen LogP contribution in [0.2, 0.25) is 5.02 Å². The van der Waals surface area contributed by atoms with Crippen LogP contribution in [0.25, 0.3) is 0 Å². The second kappa shape index (κ2) is 9.86. The lowest BCUT2D eigenvalue weighted by Crippen LogP contribution is -2.15. The quantitative estimate of drug-likeness (QED) is 0.416. The zero-order chi connectivity index (χ0) is 19.1. The Hall–Kier alpha value is -1.91. The fourth-order valence-corrected chi connectivity index (χ4v) is 4.26. The molecule has 1 atom stereocenters. The second-order valence-electron chi connectivity index (χ2n) is 6.83. The Labute approximate surface area is 170 Å². The number of nitrogens with zero attached hydrogens (tertiary/aromatic N) is 2. The van der Waals surface area contributed by atoms with Gasteiger partial charge in [0.25, 0.3) is 0 Å². The van der Waals surface area contributed by atoms with Crippen molar-refractivity contribution < 1.29 is 4.79 Å². The van der Waals surface area contributed by atoms with E-state index >= 15 is 0 Å². The number of imidazole rings is 1. The Morgan fingerprint density at radius 2 is 2.07 bits per heavy atom. The fraction of sp³-hybridized carbons (Fsp3) is 0.364. The lowest BCUT2D eigenvalue weighted by Gasteiger charge is -2.15. The lowest BCUT2D eigenvalue weighted by molar-refractivity contribution is -0.111. The molecule has 0 saturated carbocycles. The molecule has 27 heavy (non-hydrogen) atoms. The van der Waals surface area contributed by atoms with Crippen LogP contribution in [-0.4, -0.2) is 15.8 Å². The van der Waals surface area contributed by atoms with Gasteiger partial charge in [-0.25, -0.2) is 4.98 Å². The highest BCUT2D eigenvalue weighted by atomic mass is 35.5. The number of thiophene rings is 1. The summed E-state index contributed by atoms with van der Waals surface area (Å²) in [6.45, 7) is 2.88. The monoisotopic (exact) mass is 400 g/mol. The van der Waals surface area contributed by atoms with Crippen molar-refractivity contribution in [3.63, 3.8) is 0 Å². The highest BCUT2D eigenvalue weighted by molar-refractivity contribution is 7.09. The maximum absolute atomic E-state index is 11.7. The highest BCUT2D eigenvalue weighted by Crippen LogP contribution is 2.22. The van der Waals surface area contributed by atoms with Gasteiger partial charge in [0, 0.05) is 34.1 Å². The molecular formula is C22H25ClN2OS. The Morgan fingerprint density at radius 3 is 2.78 bits per heavy atom. The summed E-state index contributed by atoms with van der Waals surface area (Å²) in [5, 5.41) is 2.82. The molecule has 1 unspecified atom stereocenters. The number of unbranched alkanes of at least 4 members (excludes halogenated alkanes) is 1. The number of aryl methyl sites for hydroxylation is 1. The fourth-order valence-electron chi connectivity index (χ4n) is 3.27. The summed E-state index contributed by atoms with van der Waals surface area (Å²) in [4.78, 5) is 17.6. The molecule has 2 heterocycles. The van der Waals surface area contributed by atoms with Gasteiger partial charge in [0.2, 0.25) is 0 Å². The van der Waals surface area contributed by atoms with E-state index in [0.29, 0.717) is 13.0 Å². The minimum absolute atomic E-state index is 0.0376. The number of benzene rings is 1. The van der Waals surface area contributed by atoms with Gasteiger partial charge in [0.15, 0.2) is 0 Å². The number of carbonyl (C=O) groups excluding carboxylic acids is 1. The van der Waals surface area contributed by atoms with Crippen molar-refractivity contribution >= 4 is 29.2 Å². The van der Waals surface area contributed by atoms with Crippen LogP contribution in [-0.2, 0) is 30.6 Å². The number of aldehydes is 1. The van der Waals surface area contributed by atoms with Crippen LogP contribution in [0.1, 0.15) is 41.7 Å². The third-order valence-electron chi connectivity index (χ3n) is 4.77. The first-order valence-corrected chi connectivity index (χ1v) is 10.7. The molecule has 0 aliphatic heterocycles. The molecule has 0 amide bonds. The van der Waals surface area contributed by atoms with E-state index in [1.165, 1.54) is 4.88 Å². The summed E-state index contributed by atoms with van der Waals surface area (Å²) in [6.07, 6.45) is 7.67. The number of aromatic nitrogens is 2. The second-order valence-corrected chi connectivity index (χ2v) is 8.27. The maximum Gasteiger partial charge on any atom is 0.123 e. The van der Waals surface area contributed by atoms with Crippen molar-refractivity contribution in [2.75, 3.05) is 0 Å². The molecule has 3 rings (SSSR count). The number of carbonyl (C=O) groups is 1. The van der Waals surface area contributed by atoms with E-state index < -0.39 is 0 Å². The number of hydrogen-bond donors (Lipinski definition) is 0. The van der Waals surface area contributed by atoms with Crippen molar-refractivity contribution in [3.05, 3.63) is 75.0 Å². The Kier molecular flexibility index (Phi) is 7.25. The summed E-state index contributed by atoms with van der Waals surface area (Å²) >= 11 is 8.09. The van der Waals surface area contributed by atoms with E-state index in [1.54, 1.807) is 11.3 Å². The Morgan fingerprint density at radius 1 is 1.22 bits per heavy atom. The average Bonchev–Trinajstić information content (AvgIpc) is 3.32. The molecule has 0 radical (unpaired) electrons. The first kappa shape index (κ1) is 19.8. The normalized spacial score (nSPS) is 12.2. The molecule has 3 aromatic rings. The van der Waals surface area contributed by atoms with E-state index in [-0.39, 0.29) is 5.92 Å². The maximum atomic E-state index is 11.7. The smallest absolute Gasteiger partial charge is 0.123 e. The van der Waals surface area contributed by atoms with Crippen LogP contribution in [0, 0.1) is 5.92 Å². The number of rotatable bonds is 10. The molecule has 0 aliphatic rings. The topological polar surface area (TPSA) is 34.9 Å². The van der Waals surface area contributed by atoms with Crippen molar-refractivity contribution in [1.82, 2.24) is 9.55 Å². The first-order valence-electron chi connectivity index (χ1n) is 9.45. The molecule has 0 N–H and O–H groups in total. The SMILES string of the molecule is CCCCc1ncc(CC(C=O)Cc2cccs2)n1Cc1ccccc1Cl. The number of hydrogen-bond acceptors (Lipinski definition) is 3. The van der Waals surface area contributed by atoms with E-state index in [2.05, 4.69) is 34.0 Å². The van der Waals surface area contributed by atoms with Crippen LogP contribution in [0.4, 0.5) is 0 Å². The zero-order valence-corrected chi connectivity index (χ0v) is 17.2. The molecule has 0 spiro atoms. The third kappa shape index (κ3) is 5.30. The van der Waals surface area contributed by atoms with Gasteiger partial charge in [-0.3, -0.25) is 0 Å². The summed E-state index contributed by atoms with van der Waals surface area (Å²) in [5.41, 5.74) is 2.19. The van der Waals surface area contributed by atoms with Crippen molar-refractivity contribution in [2.24, 2.45) is 5.92 Å². The summed E-state index contributed by atoms with van der Waals surface area (Å²) in [6, 6.07) is 12.1. The predicted molar refractivity (Wildman–Crippen MR) is 113 cm³/mol. The zero-order valence-electron chi connectivity index (χ0n) is 15.6. The van der Waals surface area contributed by atoms with Gasteiger partial charge in [0.05, 0.1) is 6.54 Å². The highest BCUT2D eigenvalue weighted by Gasteiger charge is 2.17. The van der Waals surface area contributed by atoms with E-state index in [0.717, 1.165) is 54.1 Å². The average molecular weight is 401 g/mol.